The summed E-state index contributed by atoms with van der Waals surface area (Å²) in [7, 11) is 0. The Morgan fingerprint density at radius 3 is 2.47 bits per heavy atom. The van der Waals surface area contributed by atoms with Crippen LogP contribution in [0.5, 0.6) is 5.75 Å². The van der Waals surface area contributed by atoms with E-state index in [2.05, 4.69) is 77.9 Å². The Balaban J connectivity index is 1.14. The highest BCUT2D eigenvalue weighted by atomic mass is 32.2. The van der Waals surface area contributed by atoms with Gasteiger partial charge in [0.1, 0.15) is 12.1 Å². The fourth-order valence-corrected chi connectivity index (χ4v) is 7.24. The van der Waals surface area contributed by atoms with Crippen molar-refractivity contribution in [2.45, 2.75) is 84.1 Å². The molecule has 2 heterocycles. The molecule has 5 rings (SSSR count). The van der Waals surface area contributed by atoms with Gasteiger partial charge in [-0.05, 0) is 97.7 Å². The van der Waals surface area contributed by atoms with Gasteiger partial charge in [0.05, 0.1) is 5.69 Å². The molecule has 4 aromatic rings. The molecule has 11 heteroatoms. The Labute approximate surface area is 278 Å². The number of rotatable bonds is 11. The van der Waals surface area contributed by atoms with Gasteiger partial charge < -0.3 is 15.0 Å². The average Bonchev–Trinajstić information content (AvgIpc) is 3.50. The maximum absolute atomic E-state index is 13.2. The van der Waals surface area contributed by atoms with Crippen LogP contribution in [0.4, 0.5) is 18.9 Å². The second-order valence-corrected chi connectivity index (χ2v) is 13.8. The fourth-order valence-electron chi connectivity index (χ4n) is 5.84. The van der Waals surface area contributed by atoms with E-state index in [-0.39, 0.29) is 17.2 Å². The zero-order valence-corrected chi connectivity index (χ0v) is 28.2. The van der Waals surface area contributed by atoms with Crippen LogP contribution in [0.25, 0.3) is 17.1 Å². The smallest absolute Gasteiger partial charge is 0.406 e. The minimum Gasteiger partial charge on any atom is -0.406 e. The molecule has 1 aliphatic rings. The number of amides is 1. The number of carbonyl (C=O) groups excluding carboxylic acids is 1. The Bertz CT molecular complexity index is 1640. The molecule has 7 nitrogen and oxygen atoms in total. The van der Waals surface area contributed by atoms with Gasteiger partial charge in [0.2, 0.25) is 5.91 Å². The molecular weight excluding hydrogens is 623 g/mol. The molecule has 0 bridgehead atoms. The predicted molar refractivity (Wildman–Crippen MR) is 182 cm³/mol. The van der Waals surface area contributed by atoms with Crippen molar-refractivity contribution in [2.75, 3.05) is 10.7 Å². The van der Waals surface area contributed by atoms with Gasteiger partial charge >= 0.3 is 6.36 Å². The number of aromatic nitrogens is 3. The Kier molecular flexibility index (Phi) is 10.8. The topological polar surface area (TPSA) is 72.3 Å². The van der Waals surface area contributed by atoms with E-state index in [1.165, 1.54) is 52.1 Å². The largest absolute Gasteiger partial charge is 0.573 e. The summed E-state index contributed by atoms with van der Waals surface area (Å²) in [5.41, 5.74) is 6.20. The zero-order valence-electron chi connectivity index (χ0n) is 27.4. The van der Waals surface area contributed by atoms with Crippen LogP contribution < -0.4 is 15.0 Å². The van der Waals surface area contributed by atoms with Crippen LogP contribution in [0.15, 0.2) is 73.1 Å². The van der Waals surface area contributed by atoms with Crippen LogP contribution in [0.3, 0.4) is 0 Å². The van der Waals surface area contributed by atoms with Crippen LogP contribution in [-0.2, 0) is 11.2 Å². The third kappa shape index (κ3) is 9.09. The summed E-state index contributed by atoms with van der Waals surface area (Å²) in [6.45, 7) is 11.0. The SMILES string of the molecule is Cc1ccc(C(C)C)c(N2C(C)CCSC2NC(=O)CCC(C)Cc2ccc(-c3ncn(-c4ccc(OC(F)(F)F)cc4)n3)cc2)c1. The van der Waals surface area contributed by atoms with Gasteiger partial charge in [0.25, 0.3) is 0 Å². The Morgan fingerprint density at radius 1 is 1.06 bits per heavy atom. The molecular formula is C36H42F3N5O2S. The molecule has 0 aliphatic carbocycles. The number of nitrogens with one attached hydrogen (secondary N) is 1. The molecule has 1 aromatic heterocycles. The molecule has 3 unspecified atom stereocenters. The lowest BCUT2D eigenvalue weighted by atomic mass is 9.96. The molecule has 1 saturated heterocycles. The van der Waals surface area contributed by atoms with E-state index in [9.17, 15) is 18.0 Å². The number of benzene rings is 3. The molecule has 3 aromatic carbocycles. The van der Waals surface area contributed by atoms with Crippen LogP contribution in [-0.4, -0.2) is 44.3 Å². The quantitative estimate of drug-likeness (QED) is 0.173. The first-order valence-electron chi connectivity index (χ1n) is 16.0. The maximum Gasteiger partial charge on any atom is 0.573 e. The molecule has 47 heavy (non-hydrogen) atoms. The third-order valence-electron chi connectivity index (χ3n) is 8.40. The number of nitrogens with zero attached hydrogens (tertiary/aromatic N) is 4. The number of thioether (sulfide) groups is 1. The normalized spacial score (nSPS) is 17.5. The number of halogens is 3. The number of carbonyl (C=O) groups is 1. The van der Waals surface area contributed by atoms with Crippen molar-refractivity contribution in [2.24, 2.45) is 5.92 Å². The second-order valence-electron chi connectivity index (χ2n) is 12.7. The number of ether oxygens (including phenoxy) is 1. The number of hydrogen-bond donors (Lipinski definition) is 1. The van der Waals surface area contributed by atoms with Crippen molar-refractivity contribution < 1.29 is 22.7 Å². The van der Waals surface area contributed by atoms with Crippen molar-refractivity contribution >= 4 is 23.4 Å². The first-order chi connectivity index (χ1) is 22.4. The summed E-state index contributed by atoms with van der Waals surface area (Å²) < 4.78 is 42.8. The predicted octanol–water partition coefficient (Wildman–Crippen LogP) is 8.66. The van der Waals surface area contributed by atoms with Gasteiger partial charge in [-0.15, -0.1) is 30.0 Å². The van der Waals surface area contributed by atoms with Gasteiger partial charge in [0, 0.05) is 23.7 Å². The van der Waals surface area contributed by atoms with Gasteiger partial charge in [-0.25, -0.2) is 9.67 Å². The molecule has 3 atom stereocenters. The van der Waals surface area contributed by atoms with Crippen LogP contribution in [0.2, 0.25) is 0 Å². The van der Waals surface area contributed by atoms with Crippen molar-refractivity contribution in [3.05, 3.63) is 89.7 Å². The number of hydrogen-bond acceptors (Lipinski definition) is 6. The molecule has 0 spiro atoms. The Morgan fingerprint density at radius 2 is 1.79 bits per heavy atom. The molecule has 1 amide bonds. The molecule has 0 saturated carbocycles. The minimum atomic E-state index is -4.74. The summed E-state index contributed by atoms with van der Waals surface area (Å²) >= 11 is 1.80. The van der Waals surface area contributed by atoms with E-state index in [1.54, 1.807) is 11.8 Å². The molecule has 0 radical (unpaired) electrons. The summed E-state index contributed by atoms with van der Waals surface area (Å²) in [6, 6.07) is 20.4. The van der Waals surface area contributed by atoms with Crippen molar-refractivity contribution in [1.82, 2.24) is 20.1 Å². The van der Waals surface area contributed by atoms with E-state index >= 15 is 0 Å². The number of alkyl halides is 3. The number of aryl methyl sites for hydroxylation is 1. The van der Waals surface area contributed by atoms with Crippen molar-refractivity contribution in [1.29, 1.82) is 0 Å². The molecule has 250 valence electrons. The van der Waals surface area contributed by atoms with Gasteiger partial charge in [-0.1, -0.05) is 57.2 Å². The third-order valence-corrected chi connectivity index (χ3v) is 9.53. The first-order valence-corrected chi connectivity index (χ1v) is 17.1. The van der Waals surface area contributed by atoms with Crippen LogP contribution in [0.1, 0.15) is 69.6 Å². The van der Waals surface area contributed by atoms with Crippen molar-refractivity contribution in [3.63, 3.8) is 0 Å². The fraction of sp³-hybridized carbons (Fsp3) is 0.417. The molecule has 1 N–H and O–H groups in total. The van der Waals surface area contributed by atoms with Gasteiger partial charge in [-0.2, -0.15) is 0 Å². The highest BCUT2D eigenvalue weighted by molar-refractivity contribution is 8.00. The summed E-state index contributed by atoms with van der Waals surface area (Å²) in [6.07, 6.45) is -0.0603. The summed E-state index contributed by atoms with van der Waals surface area (Å²) in [4.78, 5) is 20.0. The van der Waals surface area contributed by atoms with Gasteiger partial charge in [-0.3, -0.25) is 4.79 Å². The van der Waals surface area contributed by atoms with E-state index in [4.69, 9.17) is 0 Å². The minimum absolute atomic E-state index is 0.0757. The van der Waals surface area contributed by atoms with Gasteiger partial charge in [0.15, 0.2) is 11.3 Å². The average molecular weight is 666 g/mol. The Hall–Kier alpha value is -3.99. The zero-order chi connectivity index (χ0) is 33.7. The van der Waals surface area contributed by atoms with E-state index in [0.717, 1.165) is 36.1 Å². The van der Waals surface area contributed by atoms with Crippen LogP contribution >= 0.6 is 11.8 Å². The van der Waals surface area contributed by atoms with Crippen molar-refractivity contribution in [3.8, 4) is 22.8 Å². The summed E-state index contributed by atoms with van der Waals surface area (Å²) in [5, 5.41) is 7.82. The number of anilines is 1. The second kappa shape index (κ2) is 14.8. The van der Waals surface area contributed by atoms with E-state index < -0.39 is 6.36 Å². The standard InChI is InChI=1S/C36H42F3N5O2S/c1-23(2)31-16-6-25(4)21-32(31)44-26(5)18-19-47-35(44)41-33(45)17-7-24(3)20-27-8-10-28(11-9-27)34-40-22-43(42-34)29-12-14-30(15-13-29)46-36(37,38)39/h6,8-16,21-24,26,35H,7,17-20H2,1-5H3,(H,41,45). The lowest BCUT2D eigenvalue weighted by Crippen LogP contribution is -2.53. The van der Waals surface area contributed by atoms with E-state index in [0.29, 0.717) is 35.8 Å². The lowest BCUT2D eigenvalue weighted by Gasteiger charge is -2.43. The van der Waals surface area contributed by atoms with Crippen LogP contribution in [0, 0.1) is 12.8 Å². The molecule has 1 fully saturated rings. The highest BCUT2D eigenvalue weighted by Crippen LogP contribution is 2.37. The summed E-state index contributed by atoms with van der Waals surface area (Å²) in [5.74, 6) is 2.00. The van der Waals surface area contributed by atoms with E-state index in [1.807, 2.05) is 24.3 Å². The lowest BCUT2D eigenvalue weighted by molar-refractivity contribution is -0.274. The maximum atomic E-state index is 13.2. The molecule has 1 aliphatic heterocycles. The first kappa shape index (κ1) is 34.3. The highest BCUT2D eigenvalue weighted by Gasteiger charge is 2.32. The monoisotopic (exact) mass is 665 g/mol.